The van der Waals surface area contributed by atoms with Gasteiger partial charge in [-0.3, -0.25) is 9.59 Å². The molecule has 18 heavy (non-hydrogen) atoms. The Balaban J connectivity index is 3.37. The fourth-order valence-corrected chi connectivity index (χ4v) is 3.04. The number of hydrogen-bond acceptors (Lipinski definition) is 5. The number of nitrogens with zero attached hydrogens (tertiary/aromatic N) is 1. The van der Waals surface area contributed by atoms with Gasteiger partial charge in [-0.25, -0.2) is 0 Å². The Morgan fingerprint density at radius 2 is 1.94 bits per heavy atom. The van der Waals surface area contributed by atoms with Crippen molar-refractivity contribution in [2.45, 2.75) is 27.2 Å². The first-order chi connectivity index (χ1) is 8.43. The van der Waals surface area contributed by atoms with Gasteiger partial charge in [0.1, 0.15) is 5.00 Å². The van der Waals surface area contributed by atoms with Gasteiger partial charge in [0.15, 0.2) is 5.78 Å². The van der Waals surface area contributed by atoms with E-state index in [0.29, 0.717) is 9.88 Å². The number of nitrogen functional groups attached to an aromatic ring is 1. The first kappa shape index (κ1) is 14.5. The van der Waals surface area contributed by atoms with Crippen molar-refractivity contribution in [2.24, 2.45) is 5.73 Å². The van der Waals surface area contributed by atoms with Gasteiger partial charge in [0.05, 0.1) is 16.1 Å². The van der Waals surface area contributed by atoms with Crippen LogP contribution in [0.25, 0.3) is 0 Å². The standard InChI is InChI=1S/C12H19N3O2S/c1-4-6-15(5-2)12-8(11(14)17)9(13)10(18-12)7(3)16/h4-6,13H2,1-3H3,(H2,14,17). The van der Waals surface area contributed by atoms with Crippen LogP contribution < -0.4 is 16.4 Å². The number of amides is 1. The number of nitrogens with two attached hydrogens (primary N) is 2. The van der Waals surface area contributed by atoms with Crippen molar-refractivity contribution >= 4 is 33.7 Å². The molecular weight excluding hydrogens is 250 g/mol. The van der Waals surface area contributed by atoms with Crippen molar-refractivity contribution in [1.82, 2.24) is 0 Å². The molecule has 4 N–H and O–H groups in total. The zero-order valence-electron chi connectivity index (χ0n) is 10.9. The first-order valence-electron chi connectivity index (χ1n) is 5.91. The molecule has 6 heteroatoms. The highest BCUT2D eigenvalue weighted by Gasteiger charge is 2.24. The van der Waals surface area contributed by atoms with Gasteiger partial charge >= 0.3 is 0 Å². The molecule has 1 aromatic rings. The monoisotopic (exact) mass is 269 g/mol. The first-order valence-corrected chi connectivity index (χ1v) is 6.73. The minimum Gasteiger partial charge on any atom is -0.397 e. The van der Waals surface area contributed by atoms with E-state index in [-0.39, 0.29) is 17.0 Å². The third kappa shape index (κ3) is 2.64. The Hall–Kier alpha value is -1.56. The van der Waals surface area contributed by atoms with Crippen molar-refractivity contribution in [3.05, 3.63) is 10.4 Å². The number of thiophene rings is 1. The third-order valence-electron chi connectivity index (χ3n) is 2.66. The second-order valence-electron chi connectivity index (χ2n) is 4.03. The highest BCUT2D eigenvalue weighted by Crippen LogP contribution is 2.38. The highest BCUT2D eigenvalue weighted by atomic mass is 32.1. The molecule has 0 radical (unpaired) electrons. The van der Waals surface area contributed by atoms with Gasteiger partial charge in [-0.1, -0.05) is 6.92 Å². The summed E-state index contributed by atoms with van der Waals surface area (Å²) in [6, 6.07) is 0. The van der Waals surface area contributed by atoms with E-state index >= 15 is 0 Å². The molecular formula is C12H19N3O2S. The van der Waals surface area contributed by atoms with Gasteiger partial charge in [0.2, 0.25) is 0 Å². The van der Waals surface area contributed by atoms with Crippen LogP contribution >= 0.6 is 11.3 Å². The van der Waals surface area contributed by atoms with Crippen LogP contribution in [0.5, 0.6) is 0 Å². The number of carbonyl (C=O) groups excluding carboxylic acids is 2. The van der Waals surface area contributed by atoms with Crippen LogP contribution in [0.3, 0.4) is 0 Å². The maximum absolute atomic E-state index is 11.5. The van der Waals surface area contributed by atoms with Gasteiger partial charge < -0.3 is 16.4 Å². The number of rotatable bonds is 6. The Morgan fingerprint density at radius 3 is 2.33 bits per heavy atom. The van der Waals surface area contributed by atoms with Crippen molar-refractivity contribution in [3.8, 4) is 0 Å². The lowest BCUT2D eigenvalue weighted by atomic mass is 10.2. The van der Waals surface area contributed by atoms with E-state index in [4.69, 9.17) is 11.5 Å². The number of primary amides is 1. The van der Waals surface area contributed by atoms with Crippen molar-refractivity contribution in [1.29, 1.82) is 0 Å². The quantitative estimate of drug-likeness (QED) is 0.771. The maximum Gasteiger partial charge on any atom is 0.253 e. The molecule has 0 bridgehead atoms. The van der Waals surface area contributed by atoms with E-state index in [0.717, 1.165) is 19.5 Å². The Labute approximate surface area is 111 Å². The molecule has 0 unspecified atom stereocenters. The zero-order chi connectivity index (χ0) is 13.9. The minimum absolute atomic E-state index is 0.140. The van der Waals surface area contributed by atoms with E-state index in [9.17, 15) is 9.59 Å². The predicted molar refractivity (Wildman–Crippen MR) is 75.4 cm³/mol. The van der Waals surface area contributed by atoms with Gasteiger partial charge in [0.25, 0.3) is 5.91 Å². The Bertz CT molecular complexity index is 468. The normalized spacial score (nSPS) is 10.4. The summed E-state index contributed by atoms with van der Waals surface area (Å²) in [5, 5.41) is 0.703. The molecule has 5 nitrogen and oxygen atoms in total. The van der Waals surface area contributed by atoms with Crippen LogP contribution in [0.15, 0.2) is 0 Å². The van der Waals surface area contributed by atoms with Gasteiger partial charge in [-0.2, -0.15) is 0 Å². The van der Waals surface area contributed by atoms with Crippen LogP contribution in [0.2, 0.25) is 0 Å². The van der Waals surface area contributed by atoms with E-state index < -0.39 is 5.91 Å². The van der Waals surface area contributed by atoms with Crippen LogP contribution in [-0.2, 0) is 0 Å². The molecule has 0 saturated heterocycles. The number of carbonyl (C=O) groups is 2. The van der Waals surface area contributed by atoms with Crippen molar-refractivity contribution in [3.63, 3.8) is 0 Å². The largest absolute Gasteiger partial charge is 0.397 e. The highest BCUT2D eigenvalue weighted by molar-refractivity contribution is 7.19. The van der Waals surface area contributed by atoms with Crippen LogP contribution in [0, 0.1) is 0 Å². The van der Waals surface area contributed by atoms with E-state index in [1.54, 1.807) is 0 Å². The predicted octanol–water partition coefficient (Wildman–Crippen LogP) is 1.87. The van der Waals surface area contributed by atoms with Gasteiger partial charge in [-0.15, -0.1) is 11.3 Å². The molecule has 0 spiro atoms. The molecule has 0 aromatic carbocycles. The molecule has 0 atom stereocenters. The maximum atomic E-state index is 11.5. The summed E-state index contributed by atoms with van der Waals surface area (Å²) in [6.45, 7) is 7.02. The van der Waals surface area contributed by atoms with Crippen molar-refractivity contribution in [2.75, 3.05) is 23.7 Å². The summed E-state index contributed by atoms with van der Waals surface area (Å²) in [7, 11) is 0. The fourth-order valence-electron chi connectivity index (χ4n) is 1.83. The Morgan fingerprint density at radius 1 is 1.33 bits per heavy atom. The van der Waals surface area contributed by atoms with E-state index in [1.165, 1.54) is 18.3 Å². The van der Waals surface area contributed by atoms with Gasteiger partial charge in [0, 0.05) is 20.0 Å². The molecule has 0 aliphatic rings. The number of hydrogen-bond donors (Lipinski definition) is 2. The SMILES string of the molecule is CCCN(CC)c1sc(C(C)=O)c(N)c1C(N)=O. The van der Waals surface area contributed by atoms with E-state index in [1.807, 2.05) is 11.8 Å². The fraction of sp³-hybridized carbons (Fsp3) is 0.500. The average molecular weight is 269 g/mol. The number of anilines is 2. The average Bonchev–Trinajstić information content (AvgIpc) is 2.63. The molecule has 1 amide bonds. The topological polar surface area (TPSA) is 89.4 Å². The second kappa shape index (κ2) is 5.86. The van der Waals surface area contributed by atoms with Crippen LogP contribution in [-0.4, -0.2) is 24.8 Å². The molecule has 1 rings (SSSR count). The zero-order valence-corrected chi connectivity index (χ0v) is 11.8. The molecule has 1 heterocycles. The summed E-state index contributed by atoms with van der Waals surface area (Å²) in [5.74, 6) is -0.723. The molecule has 100 valence electrons. The van der Waals surface area contributed by atoms with Crippen LogP contribution in [0.4, 0.5) is 10.7 Å². The summed E-state index contributed by atoms with van der Waals surface area (Å²) < 4.78 is 0. The smallest absolute Gasteiger partial charge is 0.253 e. The minimum atomic E-state index is -0.583. The Kier molecular flexibility index (Phi) is 4.72. The molecule has 0 aliphatic carbocycles. The van der Waals surface area contributed by atoms with Gasteiger partial charge in [-0.05, 0) is 13.3 Å². The summed E-state index contributed by atoms with van der Waals surface area (Å²) in [5.41, 5.74) is 11.7. The number of Topliss-reactive ketones (excluding diaryl/α,β-unsaturated/α-hetero) is 1. The summed E-state index contributed by atoms with van der Waals surface area (Å²) in [4.78, 5) is 25.4. The number of ketones is 1. The van der Waals surface area contributed by atoms with Crippen molar-refractivity contribution < 1.29 is 9.59 Å². The third-order valence-corrected chi connectivity index (χ3v) is 4.02. The van der Waals surface area contributed by atoms with Crippen LogP contribution in [0.1, 0.15) is 47.2 Å². The summed E-state index contributed by atoms with van der Waals surface area (Å²) in [6.07, 6.45) is 0.944. The second-order valence-corrected chi connectivity index (χ2v) is 5.02. The lowest BCUT2D eigenvalue weighted by molar-refractivity contribution is 0.100. The summed E-state index contributed by atoms with van der Waals surface area (Å²) >= 11 is 1.25. The lowest BCUT2D eigenvalue weighted by Gasteiger charge is -2.21. The molecule has 0 fully saturated rings. The molecule has 1 aromatic heterocycles. The van der Waals surface area contributed by atoms with E-state index in [2.05, 4.69) is 6.92 Å². The molecule has 0 aliphatic heterocycles. The lowest BCUT2D eigenvalue weighted by Crippen LogP contribution is -2.25. The molecule has 0 saturated carbocycles.